The summed E-state index contributed by atoms with van der Waals surface area (Å²) in [5, 5.41) is 0. The van der Waals surface area contributed by atoms with E-state index in [1.54, 1.807) is 6.07 Å². The Kier molecular flexibility index (Phi) is 4.55. The van der Waals surface area contributed by atoms with Gasteiger partial charge in [0.15, 0.2) is 11.9 Å². The summed E-state index contributed by atoms with van der Waals surface area (Å²) in [6.07, 6.45) is 0.476. The van der Waals surface area contributed by atoms with E-state index < -0.39 is 23.7 Å². The Bertz CT molecular complexity index is 610. The van der Waals surface area contributed by atoms with E-state index in [1.165, 1.54) is 43.5 Å². The summed E-state index contributed by atoms with van der Waals surface area (Å²) in [6.45, 7) is 1.50. The Morgan fingerprint density at radius 3 is 2.52 bits per heavy atom. The number of hydrogen-bond acceptors (Lipinski definition) is 4. The van der Waals surface area contributed by atoms with Crippen molar-refractivity contribution in [2.45, 2.75) is 13.0 Å². The van der Waals surface area contributed by atoms with Crippen molar-refractivity contribution in [2.75, 3.05) is 0 Å². The van der Waals surface area contributed by atoms with Gasteiger partial charge in [-0.3, -0.25) is 20.4 Å². The molecule has 21 heavy (non-hydrogen) atoms. The smallest absolute Gasteiger partial charge is 0.305 e. The van der Waals surface area contributed by atoms with Crippen LogP contribution in [-0.4, -0.2) is 17.9 Å². The first-order valence-electron chi connectivity index (χ1n) is 6.12. The number of rotatable bonds is 4. The Balaban J connectivity index is 1.82. The zero-order valence-electron chi connectivity index (χ0n) is 11.1. The number of hydrogen-bond donors (Lipinski definition) is 2. The third kappa shape index (κ3) is 4.07. The lowest BCUT2D eigenvalue weighted by Gasteiger charge is -2.14. The van der Waals surface area contributed by atoms with Gasteiger partial charge in [-0.2, -0.15) is 0 Å². The summed E-state index contributed by atoms with van der Waals surface area (Å²) >= 11 is 0. The Labute approximate surface area is 119 Å². The molecular weight excluding hydrogens is 279 g/mol. The Hall–Kier alpha value is -2.83. The van der Waals surface area contributed by atoms with Crippen molar-refractivity contribution in [1.82, 2.24) is 10.9 Å². The van der Waals surface area contributed by atoms with Gasteiger partial charge in [-0.05, 0) is 43.3 Å². The van der Waals surface area contributed by atoms with Gasteiger partial charge in [-0.15, -0.1) is 0 Å². The maximum atomic E-state index is 12.7. The Morgan fingerprint density at radius 1 is 1.19 bits per heavy atom. The van der Waals surface area contributed by atoms with E-state index in [1.807, 2.05) is 0 Å². The normalized spacial score (nSPS) is 11.5. The molecule has 0 aliphatic rings. The van der Waals surface area contributed by atoms with Gasteiger partial charge in [-0.1, -0.05) is 0 Å². The van der Waals surface area contributed by atoms with Gasteiger partial charge in [-0.25, -0.2) is 4.39 Å². The van der Waals surface area contributed by atoms with E-state index in [0.29, 0.717) is 5.75 Å². The number of furan rings is 1. The van der Waals surface area contributed by atoms with Crippen molar-refractivity contribution in [1.29, 1.82) is 0 Å². The van der Waals surface area contributed by atoms with Crippen LogP contribution in [0.5, 0.6) is 5.75 Å². The lowest BCUT2D eigenvalue weighted by Crippen LogP contribution is -2.47. The van der Waals surface area contributed by atoms with Gasteiger partial charge in [0.1, 0.15) is 11.6 Å². The second-order valence-corrected chi connectivity index (χ2v) is 4.13. The monoisotopic (exact) mass is 292 g/mol. The quantitative estimate of drug-likeness (QED) is 0.840. The molecule has 2 N–H and O–H groups in total. The summed E-state index contributed by atoms with van der Waals surface area (Å²) in [5.41, 5.74) is 4.39. The summed E-state index contributed by atoms with van der Waals surface area (Å²) < 4.78 is 22.9. The summed E-state index contributed by atoms with van der Waals surface area (Å²) in [5.74, 6) is -1.12. The van der Waals surface area contributed by atoms with E-state index in [-0.39, 0.29) is 5.76 Å². The molecule has 110 valence electrons. The molecule has 6 nitrogen and oxygen atoms in total. The van der Waals surface area contributed by atoms with Crippen molar-refractivity contribution in [3.8, 4) is 5.75 Å². The van der Waals surface area contributed by atoms with Crippen LogP contribution >= 0.6 is 0 Å². The molecule has 0 aliphatic heterocycles. The van der Waals surface area contributed by atoms with E-state index in [2.05, 4.69) is 10.9 Å². The van der Waals surface area contributed by atoms with Crippen LogP contribution in [0.15, 0.2) is 47.1 Å². The van der Waals surface area contributed by atoms with Crippen molar-refractivity contribution in [3.63, 3.8) is 0 Å². The minimum absolute atomic E-state index is 0.0717. The Morgan fingerprint density at radius 2 is 1.90 bits per heavy atom. The summed E-state index contributed by atoms with van der Waals surface area (Å²) in [7, 11) is 0. The van der Waals surface area contributed by atoms with Gasteiger partial charge in [0.05, 0.1) is 6.26 Å². The zero-order chi connectivity index (χ0) is 15.2. The van der Waals surface area contributed by atoms with Crippen molar-refractivity contribution >= 4 is 11.8 Å². The topological polar surface area (TPSA) is 80.6 Å². The number of ether oxygens (including phenoxy) is 1. The van der Waals surface area contributed by atoms with Crippen LogP contribution in [0.3, 0.4) is 0 Å². The largest absolute Gasteiger partial charge is 0.481 e. The third-order valence-electron chi connectivity index (χ3n) is 2.54. The number of carbonyl (C=O) groups is 2. The van der Waals surface area contributed by atoms with E-state index in [9.17, 15) is 14.0 Å². The number of carbonyl (C=O) groups excluding carboxylic acids is 2. The van der Waals surface area contributed by atoms with Gasteiger partial charge in [0.2, 0.25) is 0 Å². The highest BCUT2D eigenvalue weighted by atomic mass is 19.1. The van der Waals surface area contributed by atoms with E-state index in [0.717, 1.165) is 0 Å². The van der Waals surface area contributed by atoms with Gasteiger partial charge >= 0.3 is 5.91 Å². The molecule has 0 saturated heterocycles. The van der Waals surface area contributed by atoms with Crippen LogP contribution in [-0.2, 0) is 4.79 Å². The average molecular weight is 292 g/mol. The molecule has 2 rings (SSSR count). The van der Waals surface area contributed by atoms with Crippen molar-refractivity contribution in [3.05, 3.63) is 54.2 Å². The standard InChI is InChI=1S/C14H13FN2O4/c1-9(21-11-6-4-10(15)5-7-11)13(18)16-17-14(19)12-3-2-8-20-12/h2-9H,1H3,(H,16,18)(H,17,19)/t9-/m0/s1. The number of hydrazine groups is 1. The first-order chi connectivity index (χ1) is 10.1. The van der Waals surface area contributed by atoms with Crippen LogP contribution < -0.4 is 15.6 Å². The predicted octanol–water partition coefficient (Wildman–Crippen LogP) is 1.65. The molecule has 7 heteroatoms. The lowest BCUT2D eigenvalue weighted by atomic mass is 10.3. The minimum atomic E-state index is -0.868. The lowest BCUT2D eigenvalue weighted by molar-refractivity contribution is -0.128. The molecule has 2 aromatic rings. The van der Waals surface area contributed by atoms with Crippen molar-refractivity contribution in [2.24, 2.45) is 0 Å². The molecule has 0 saturated carbocycles. The molecule has 1 heterocycles. The number of halogens is 1. The highest BCUT2D eigenvalue weighted by molar-refractivity contribution is 5.93. The molecule has 1 aromatic heterocycles. The minimum Gasteiger partial charge on any atom is -0.481 e. The highest BCUT2D eigenvalue weighted by Crippen LogP contribution is 2.12. The number of amides is 2. The molecule has 1 atom stereocenters. The average Bonchev–Trinajstić information content (AvgIpc) is 3.01. The molecular formula is C14H13FN2O4. The predicted molar refractivity (Wildman–Crippen MR) is 70.8 cm³/mol. The first-order valence-corrected chi connectivity index (χ1v) is 6.12. The summed E-state index contributed by atoms with van der Waals surface area (Å²) in [4.78, 5) is 23.3. The fraction of sp³-hybridized carbons (Fsp3) is 0.143. The van der Waals surface area contributed by atoms with E-state index in [4.69, 9.17) is 9.15 Å². The van der Waals surface area contributed by atoms with Gasteiger partial charge in [0.25, 0.3) is 5.91 Å². The molecule has 0 bridgehead atoms. The van der Waals surface area contributed by atoms with Crippen molar-refractivity contribution < 1.29 is 23.1 Å². The third-order valence-corrected chi connectivity index (χ3v) is 2.54. The second-order valence-electron chi connectivity index (χ2n) is 4.13. The summed E-state index contributed by atoms with van der Waals surface area (Å²) in [6, 6.07) is 8.26. The second kappa shape index (κ2) is 6.56. The molecule has 1 aromatic carbocycles. The molecule has 0 aliphatic carbocycles. The fourth-order valence-electron chi connectivity index (χ4n) is 1.46. The molecule has 0 unspecified atom stereocenters. The fourth-order valence-corrected chi connectivity index (χ4v) is 1.46. The first kappa shape index (κ1) is 14.6. The van der Waals surface area contributed by atoms with Crippen LogP contribution in [0.2, 0.25) is 0 Å². The maximum Gasteiger partial charge on any atom is 0.305 e. The zero-order valence-corrected chi connectivity index (χ0v) is 11.1. The SMILES string of the molecule is C[C@H](Oc1ccc(F)cc1)C(=O)NNC(=O)c1ccco1. The molecule has 0 radical (unpaired) electrons. The number of benzene rings is 1. The molecule has 0 spiro atoms. The van der Waals surface area contributed by atoms with E-state index >= 15 is 0 Å². The maximum absolute atomic E-state index is 12.7. The van der Waals surface area contributed by atoms with Crippen LogP contribution in [0, 0.1) is 5.82 Å². The van der Waals surface area contributed by atoms with Crippen LogP contribution in [0.1, 0.15) is 17.5 Å². The highest BCUT2D eigenvalue weighted by Gasteiger charge is 2.16. The number of nitrogens with one attached hydrogen (secondary N) is 2. The van der Waals surface area contributed by atoms with Crippen LogP contribution in [0.25, 0.3) is 0 Å². The molecule has 0 fully saturated rings. The van der Waals surface area contributed by atoms with Crippen LogP contribution in [0.4, 0.5) is 4.39 Å². The molecule has 2 amide bonds. The van der Waals surface area contributed by atoms with Gasteiger partial charge < -0.3 is 9.15 Å². The van der Waals surface area contributed by atoms with Gasteiger partial charge in [0, 0.05) is 0 Å².